The van der Waals surface area contributed by atoms with E-state index >= 15 is 0 Å². The van der Waals surface area contributed by atoms with Crippen molar-refractivity contribution in [3.8, 4) is 0 Å². The summed E-state index contributed by atoms with van der Waals surface area (Å²) in [6.45, 7) is 6.63. The van der Waals surface area contributed by atoms with Gasteiger partial charge in [0.25, 0.3) is 0 Å². The standard InChI is InChI=1S/C14H23BrN2/c1-4-5-10(2)9-14(17-16)12-8-11(3)6-7-13(12)15/h6-8,10,14,17H,4-5,9,16H2,1-3H3. The topological polar surface area (TPSA) is 38.0 Å². The molecule has 2 unspecified atom stereocenters. The van der Waals surface area contributed by atoms with Gasteiger partial charge in [-0.25, -0.2) is 0 Å². The molecule has 0 aliphatic rings. The van der Waals surface area contributed by atoms with Crippen molar-refractivity contribution in [2.75, 3.05) is 0 Å². The van der Waals surface area contributed by atoms with Crippen LogP contribution in [0.1, 0.15) is 50.3 Å². The van der Waals surface area contributed by atoms with Crippen molar-refractivity contribution in [2.24, 2.45) is 11.8 Å². The van der Waals surface area contributed by atoms with E-state index in [1.807, 2.05) is 0 Å². The minimum absolute atomic E-state index is 0.228. The Labute approximate surface area is 113 Å². The molecule has 3 N–H and O–H groups in total. The Kier molecular flexibility index (Phi) is 6.17. The van der Waals surface area contributed by atoms with Crippen molar-refractivity contribution < 1.29 is 0 Å². The lowest BCUT2D eigenvalue weighted by atomic mass is 9.93. The zero-order valence-electron chi connectivity index (χ0n) is 11.0. The van der Waals surface area contributed by atoms with Gasteiger partial charge in [-0.1, -0.05) is 60.3 Å². The molecule has 0 amide bonds. The van der Waals surface area contributed by atoms with Gasteiger partial charge in [0.2, 0.25) is 0 Å². The zero-order chi connectivity index (χ0) is 12.8. The van der Waals surface area contributed by atoms with Crippen molar-refractivity contribution >= 4 is 15.9 Å². The number of hydrazine groups is 1. The lowest BCUT2D eigenvalue weighted by Crippen LogP contribution is -2.29. The molecule has 0 saturated carbocycles. The van der Waals surface area contributed by atoms with Crippen molar-refractivity contribution in [3.63, 3.8) is 0 Å². The first-order valence-electron chi connectivity index (χ1n) is 6.30. The maximum atomic E-state index is 5.70. The highest BCUT2D eigenvalue weighted by Crippen LogP contribution is 2.29. The summed E-state index contributed by atoms with van der Waals surface area (Å²) in [5.41, 5.74) is 5.48. The number of halogens is 1. The van der Waals surface area contributed by atoms with Crippen LogP contribution in [0.15, 0.2) is 22.7 Å². The second kappa shape index (κ2) is 7.14. The minimum atomic E-state index is 0.228. The van der Waals surface area contributed by atoms with Crippen molar-refractivity contribution in [2.45, 2.75) is 46.1 Å². The van der Waals surface area contributed by atoms with Crippen LogP contribution in [0, 0.1) is 12.8 Å². The monoisotopic (exact) mass is 298 g/mol. The zero-order valence-corrected chi connectivity index (χ0v) is 12.5. The highest BCUT2D eigenvalue weighted by atomic mass is 79.9. The Bertz CT molecular complexity index is 352. The summed E-state index contributed by atoms with van der Waals surface area (Å²) in [5.74, 6) is 6.39. The smallest absolute Gasteiger partial charge is 0.0473 e. The molecular formula is C14H23BrN2. The lowest BCUT2D eigenvalue weighted by Gasteiger charge is -2.22. The molecule has 96 valence electrons. The third-order valence-corrected chi connectivity index (χ3v) is 3.87. The molecule has 0 radical (unpaired) electrons. The fourth-order valence-electron chi connectivity index (χ4n) is 2.23. The van der Waals surface area contributed by atoms with Crippen LogP contribution in [0.3, 0.4) is 0 Å². The maximum absolute atomic E-state index is 5.70. The Morgan fingerprint density at radius 1 is 1.41 bits per heavy atom. The Morgan fingerprint density at radius 3 is 2.71 bits per heavy atom. The molecule has 3 heteroatoms. The normalized spacial score (nSPS) is 14.6. The minimum Gasteiger partial charge on any atom is -0.271 e. The van der Waals surface area contributed by atoms with E-state index in [0.717, 1.165) is 10.9 Å². The van der Waals surface area contributed by atoms with Crippen LogP contribution < -0.4 is 11.3 Å². The van der Waals surface area contributed by atoms with Crippen molar-refractivity contribution in [3.05, 3.63) is 33.8 Å². The fraction of sp³-hybridized carbons (Fsp3) is 0.571. The number of hydrogen-bond acceptors (Lipinski definition) is 2. The average Bonchev–Trinajstić information content (AvgIpc) is 2.30. The third-order valence-electron chi connectivity index (χ3n) is 3.15. The average molecular weight is 299 g/mol. The number of nitrogens with two attached hydrogens (primary N) is 1. The molecular weight excluding hydrogens is 276 g/mol. The van der Waals surface area contributed by atoms with E-state index in [2.05, 4.69) is 60.3 Å². The van der Waals surface area contributed by atoms with E-state index in [4.69, 9.17) is 5.84 Å². The Balaban J connectivity index is 2.82. The second-order valence-electron chi connectivity index (χ2n) is 4.87. The number of rotatable bonds is 6. The predicted octanol–water partition coefficient (Wildman–Crippen LogP) is 4.09. The molecule has 0 aliphatic heterocycles. The first kappa shape index (κ1) is 14.7. The summed E-state index contributed by atoms with van der Waals surface area (Å²) in [6.07, 6.45) is 3.56. The molecule has 0 fully saturated rings. The molecule has 17 heavy (non-hydrogen) atoms. The second-order valence-corrected chi connectivity index (χ2v) is 5.73. The largest absolute Gasteiger partial charge is 0.271 e. The van der Waals surface area contributed by atoms with Gasteiger partial charge in [0.1, 0.15) is 0 Å². The molecule has 0 aliphatic carbocycles. The van der Waals surface area contributed by atoms with Gasteiger partial charge in [0, 0.05) is 10.5 Å². The van der Waals surface area contributed by atoms with Crippen LogP contribution in [0.5, 0.6) is 0 Å². The van der Waals surface area contributed by atoms with Crippen LogP contribution >= 0.6 is 15.9 Å². The van der Waals surface area contributed by atoms with Gasteiger partial charge in [0.05, 0.1) is 0 Å². The van der Waals surface area contributed by atoms with E-state index in [-0.39, 0.29) is 6.04 Å². The molecule has 1 rings (SSSR count). The molecule has 0 aromatic heterocycles. The van der Waals surface area contributed by atoms with Crippen LogP contribution in [-0.4, -0.2) is 0 Å². The Hall–Kier alpha value is -0.380. The summed E-state index contributed by atoms with van der Waals surface area (Å²) < 4.78 is 1.13. The quantitative estimate of drug-likeness (QED) is 0.613. The number of hydrogen-bond donors (Lipinski definition) is 2. The van der Waals surface area contributed by atoms with Gasteiger partial charge in [-0.05, 0) is 30.9 Å². The molecule has 0 saturated heterocycles. The van der Waals surface area contributed by atoms with Crippen molar-refractivity contribution in [1.29, 1.82) is 0 Å². The fourth-order valence-corrected chi connectivity index (χ4v) is 2.75. The maximum Gasteiger partial charge on any atom is 0.0473 e. The van der Waals surface area contributed by atoms with E-state index in [0.29, 0.717) is 5.92 Å². The van der Waals surface area contributed by atoms with E-state index in [9.17, 15) is 0 Å². The molecule has 2 nitrogen and oxygen atoms in total. The molecule has 2 atom stereocenters. The molecule has 0 spiro atoms. The summed E-state index contributed by atoms with van der Waals surface area (Å²) in [6, 6.07) is 6.63. The number of aryl methyl sites for hydroxylation is 1. The van der Waals surface area contributed by atoms with E-state index in [1.165, 1.54) is 24.0 Å². The molecule has 0 bridgehead atoms. The predicted molar refractivity (Wildman–Crippen MR) is 77.6 cm³/mol. The van der Waals surface area contributed by atoms with Gasteiger partial charge < -0.3 is 0 Å². The van der Waals surface area contributed by atoms with Gasteiger partial charge in [0.15, 0.2) is 0 Å². The van der Waals surface area contributed by atoms with Crippen LogP contribution in [0.25, 0.3) is 0 Å². The number of nitrogens with one attached hydrogen (secondary N) is 1. The van der Waals surface area contributed by atoms with Gasteiger partial charge in [-0.15, -0.1) is 0 Å². The van der Waals surface area contributed by atoms with Crippen LogP contribution in [0.4, 0.5) is 0 Å². The summed E-state index contributed by atoms with van der Waals surface area (Å²) in [5, 5.41) is 0. The first-order chi connectivity index (χ1) is 8.08. The van der Waals surface area contributed by atoms with Gasteiger partial charge in [-0.2, -0.15) is 0 Å². The molecule has 1 aromatic carbocycles. The summed E-state index contributed by atoms with van der Waals surface area (Å²) >= 11 is 3.61. The lowest BCUT2D eigenvalue weighted by molar-refractivity contribution is 0.394. The highest BCUT2D eigenvalue weighted by molar-refractivity contribution is 9.10. The Morgan fingerprint density at radius 2 is 2.12 bits per heavy atom. The van der Waals surface area contributed by atoms with Gasteiger partial charge >= 0.3 is 0 Å². The van der Waals surface area contributed by atoms with E-state index < -0.39 is 0 Å². The van der Waals surface area contributed by atoms with Crippen molar-refractivity contribution in [1.82, 2.24) is 5.43 Å². The van der Waals surface area contributed by atoms with Gasteiger partial charge in [-0.3, -0.25) is 11.3 Å². The van der Waals surface area contributed by atoms with E-state index in [1.54, 1.807) is 0 Å². The first-order valence-corrected chi connectivity index (χ1v) is 7.10. The summed E-state index contributed by atoms with van der Waals surface area (Å²) in [7, 11) is 0. The van der Waals surface area contributed by atoms with Crippen LogP contribution in [-0.2, 0) is 0 Å². The SMILES string of the molecule is CCCC(C)CC(NN)c1cc(C)ccc1Br. The van der Waals surface area contributed by atoms with Crippen LogP contribution in [0.2, 0.25) is 0 Å². The number of benzene rings is 1. The molecule has 0 heterocycles. The third kappa shape index (κ3) is 4.41. The molecule has 1 aromatic rings. The summed E-state index contributed by atoms with van der Waals surface area (Å²) in [4.78, 5) is 0. The highest BCUT2D eigenvalue weighted by Gasteiger charge is 2.16.